The molecule has 2 aromatic rings. The van der Waals surface area contributed by atoms with Crippen molar-refractivity contribution in [1.82, 2.24) is 20.2 Å². The monoisotopic (exact) mass is 371 g/mol. The fraction of sp³-hybridized carbons (Fsp3) is 0.474. The standard InChI is InChI=1S/C19H25N5O3/c1-12(2)21-17(25)14-10-20-19(23(3)4)22-16(14)13-7-8-24(11-13)18(26)15-6-5-9-27-15/h5-6,9-10,12-13H,7-8,11H2,1-4H3,(H,21,25). The van der Waals surface area contributed by atoms with Crippen LogP contribution in [0.2, 0.25) is 0 Å². The summed E-state index contributed by atoms with van der Waals surface area (Å²) in [7, 11) is 3.71. The highest BCUT2D eigenvalue weighted by atomic mass is 16.3. The largest absolute Gasteiger partial charge is 0.459 e. The van der Waals surface area contributed by atoms with Crippen LogP contribution in [0.15, 0.2) is 29.0 Å². The molecule has 0 aromatic carbocycles. The Morgan fingerprint density at radius 3 is 2.78 bits per heavy atom. The van der Waals surface area contributed by atoms with E-state index in [1.54, 1.807) is 28.1 Å². The summed E-state index contributed by atoms with van der Waals surface area (Å²) >= 11 is 0. The Bertz CT molecular complexity index is 817. The number of likely N-dealkylation sites (tertiary alicyclic amines) is 1. The maximum Gasteiger partial charge on any atom is 0.289 e. The quantitative estimate of drug-likeness (QED) is 0.863. The lowest BCUT2D eigenvalue weighted by atomic mass is 9.99. The smallest absolute Gasteiger partial charge is 0.289 e. The zero-order valence-electron chi connectivity index (χ0n) is 16.1. The van der Waals surface area contributed by atoms with Gasteiger partial charge in [0.25, 0.3) is 11.8 Å². The van der Waals surface area contributed by atoms with Gasteiger partial charge in [-0.25, -0.2) is 9.97 Å². The van der Waals surface area contributed by atoms with Crippen molar-refractivity contribution in [3.8, 4) is 0 Å². The minimum Gasteiger partial charge on any atom is -0.459 e. The van der Waals surface area contributed by atoms with Gasteiger partial charge in [0.1, 0.15) is 0 Å². The van der Waals surface area contributed by atoms with E-state index >= 15 is 0 Å². The lowest BCUT2D eigenvalue weighted by Crippen LogP contribution is -2.32. The number of rotatable bonds is 5. The third kappa shape index (κ3) is 4.10. The van der Waals surface area contributed by atoms with E-state index in [2.05, 4.69) is 15.3 Å². The molecule has 1 N–H and O–H groups in total. The highest BCUT2D eigenvalue weighted by molar-refractivity contribution is 5.95. The number of hydrogen-bond donors (Lipinski definition) is 1. The molecule has 1 aliphatic rings. The van der Waals surface area contributed by atoms with Crippen LogP contribution >= 0.6 is 0 Å². The zero-order valence-corrected chi connectivity index (χ0v) is 16.1. The van der Waals surface area contributed by atoms with Gasteiger partial charge in [-0.2, -0.15) is 0 Å². The second kappa shape index (κ2) is 7.77. The van der Waals surface area contributed by atoms with Gasteiger partial charge in [0.05, 0.1) is 17.5 Å². The first-order chi connectivity index (χ1) is 12.9. The summed E-state index contributed by atoms with van der Waals surface area (Å²) in [5.41, 5.74) is 1.15. The van der Waals surface area contributed by atoms with E-state index in [1.807, 2.05) is 27.9 Å². The van der Waals surface area contributed by atoms with E-state index in [4.69, 9.17) is 4.42 Å². The van der Waals surface area contributed by atoms with Crippen LogP contribution in [0.1, 0.15) is 52.8 Å². The molecule has 3 heterocycles. The Balaban J connectivity index is 1.87. The van der Waals surface area contributed by atoms with Crippen LogP contribution in [0.3, 0.4) is 0 Å². The number of nitrogens with one attached hydrogen (secondary N) is 1. The van der Waals surface area contributed by atoms with Crippen molar-refractivity contribution >= 4 is 17.8 Å². The normalized spacial score (nSPS) is 16.6. The molecule has 1 saturated heterocycles. The summed E-state index contributed by atoms with van der Waals surface area (Å²) in [5, 5.41) is 2.90. The van der Waals surface area contributed by atoms with Crippen molar-refractivity contribution < 1.29 is 14.0 Å². The van der Waals surface area contributed by atoms with Crippen LogP contribution in [0.25, 0.3) is 0 Å². The second-order valence-electron chi connectivity index (χ2n) is 7.21. The minimum atomic E-state index is -0.193. The van der Waals surface area contributed by atoms with Crippen LogP contribution in [-0.4, -0.2) is 59.9 Å². The van der Waals surface area contributed by atoms with Crippen molar-refractivity contribution in [3.05, 3.63) is 41.6 Å². The third-order valence-corrected chi connectivity index (χ3v) is 4.46. The van der Waals surface area contributed by atoms with Crippen molar-refractivity contribution in [2.45, 2.75) is 32.2 Å². The molecule has 0 aliphatic carbocycles. The molecule has 27 heavy (non-hydrogen) atoms. The highest BCUT2D eigenvalue weighted by Gasteiger charge is 2.33. The first-order valence-corrected chi connectivity index (χ1v) is 9.04. The summed E-state index contributed by atoms with van der Waals surface area (Å²) in [5.74, 6) is 0.504. The predicted octanol–water partition coefficient (Wildman–Crippen LogP) is 1.90. The van der Waals surface area contributed by atoms with Gasteiger partial charge in [0.15, 0.2) is 5.76 Å². The SMILES string of the molecule is CC(C)NC(=O)c1cnc(N(C)C)nc1C1CCN(C(=O)c2ccco2)C1. The van der Waals surface area contributed by atoms with Gasteiger partial charge in [-0.15, -0.1) is 0 Å². The van der Waals surface area contributed by atoms with Gasteiger partial charge in [-0.1, -0.05) is 0 Å². The first-order valence-electron chi connectivity index (χ1n) is 9.04. The molecular formula is C19H25N5O3. The minimum absolute atomic E-state index is 0.0134. The average Bonchev–Trinajstić information content (AvgIpc) is 3.32. The van der Waals surface area contributed by atoms with Crippen LogP contribution in [0.4, 0.5) is 5.95 Å². The third-order valence-electron chi connectivity index (χ3n) is 4.46. The van der Waals surface area contributed by atoms with Crippen molar-refractivity contribution in [2.75, 3.05) is 32.1 Å². The Hall–Kier alpha value is -2.90. The van der Waals surface area contributed by atoms with E-state index in [0.29, 0.717) is 36.1 Å². The molecule has 0 spiro atoms. The summed E-state index contributed by atoms with van der Waals surface area (Å²) in [6.07, 6.45) is 3.80. The summed E-state index contributed by atoms with van der Waals surface area (Å²) in [6.45, 7) is 4.90. The number of furan rings is 1. The van der Waals surface area contributed by atoms with E-state index in [1.165, 1.54) is 6.26 Å². The molecule has 8 heteroatoms. The average molecular weight is 371 g/mol. The molecule has 144 valence electrons. The second-order valence-corrected chi connectivity index (χ2v) is 7.21. The first kappa shape index (κ1) is 18.9. The van der Waals surface area contributed by atoms with Crippen LogP contribution in [-0.2, 0) is 0 Å². The topological polar surface area (TPSA) is 91.6 Å². The summed E-state index contributed by atoms with van der Waals surface area (Å²) < 4.78 is 5.22. The molecule has 1 unspecified atom stereocenters. The maximum atomic E-state index is 12.6. The van der Waals surface area contributed by atoms with Crippen LogP contribution in [0.5, 0.6) is 0 Å². The number of amides is 2. The van der Waals surface area contributed by atoms with Crippen molar-refractivity contribution in [3.63, 3.8) is 0 Å². The number of anilines is 1. The fourth-order valence-electron chi connectivity index (χ4n) is 3.15. The number of aromatic nitrogens is 2. The molecule has 3 rings (SSSR count). The van der Waals surface area contributed by atoms with Gasteiger partial charge < -0.3 is 19.5 Å². The zero-order chi connectivity index (χ0) is 19.6. The molecule has 8 nitrogen and oxygen atoms in total. The molecule has 0 saturated carbocycles. The molecule has 1 aliphatic heterocycles. The number of carbonyl (C=O) groups is 2. The molecule has 0 bridgehead atoms. The van der Waals surface area contributed by atoms with E-state index in [-0.39, 0.29) is 23.8 Å². The highest BCUT2D eigenvalue weighted by Crippen LogP contribution is 2.30. The van der Waals surface area contributed by atoms with Gasteiger partial charge in [0.2, 0.25) is 5.95 Å². The van der Waals surface area contributed by atoms with E-state index in [0.717, 1.165) is 6.42 Å². The van der Waals surface area contributed by atoms with Gasteiger partial charge >= 0.3 is 0 Å². The van der Waals surface area contributed by atoms with E-state index < -0.39 is 0 Å². The Morgan fingerprint density at radius 1 is 1.37 bits per heavy atom. The van der Waals surface area contributed by atoms with Crippen molar-refractivity contribution in [1.29, 1.82) is 0 Å². The Kier molecular flexibility index (Phi) is 5.43. The predicted molar refractivity (Wildman–Crippen MR) is 101 cm³/mol. The lowest BCUT2D eigenvalue weighted by molar-refractivity contribution is 0.0759. The molecule has 2 aromatic heterocycles. The van der Waals surface area contributed by atoms with Crippen LogP contribution in [0, 0.1) is 0 Å². The molecule has 2 amide bonds. The lowest BCUT2D eigenvalue weighted by Gasteiger charge is -2.19. The molecular weight excluding hydrogens is 346 g/mol. The Labute approximate surface area is 158 Å². The Morgan fingerprint density at radius 2 is 2.15 bits per heavy atom. The van der Waals surface area contributed by atoms with Gasteiger partial charge in [-0.05, 0) is 32.4 Å². The van der Waals surface area contributed by atoms with Gasteiger partial charge in [0, 0.05) is 45.3 Å². The van der Waals surface area contributed by atoms with Gasteiger partial charge in [-0.3, -0.25) is 9.59 Å². The van der Waals surface area contributed by atoms with Crippen LogP contribution < -0.4 is 10.2 Å². The number of carbonyl (C=O) groups excluding carboxylic acids is 2. The number of hydrogen-bond acceptors (Lipinski definition) is 6. The summed E-state index contributed by atoms with van der Waals surface area (Å²) in [6, 6.07) is 3.37. The van der Waals surface area contributed by atoms with E-state index in [9.17, 15) is 9.59 Å². The summed E-state index contributed by atoms with van der Waals surface area (Å²) in [4.78, 5) is 37.6. The van der Waals surface area contributed by atoms with Crippen molar-refractivity contribution in [2.24, 2.45) is 0 Å². The molecule has 1 fully saturated rings. The molecule has 0 radical (unpaired) electrons. The number of nitrogens with zero attached hydrogens (tertiary/aromatic N) is 4. The fourth-order valence-corrected chi connectivity index (χ4v) is 3.15. The molecule has 1 atom stereocenters. The maximum absolute atomic E-state index is 12.6.